The Labute approximate surface area is 389 Å². The van der Waals surface area contributed by atoms with E-state index in [4.69, 9.17) is 0 Å². The van der Waals surface area contributed by atoms with Gasteiger partial charge >= 0.3 is 5.69 Å². The highest BCUT2D eigenvalue weighted by molar-refractivity contribution is 5.87. The van der Waals surface area contributed by atoms with Gasteiger partial charge in [0.1, 0.15) is 0 Å². The summed E-state index contributed by atoms with van der Waals surface area (Å²) in [5.74, 6) is 0. The molecule has 5 heteroatoms. The fourth-order valence-corrected chi connectivity index (χ4v) is 9.00. The Morgan fingerprint density at radius 2 is 0.582 bits per heavy atom. The van der Waals surface area contributed by atoms with Crippen LogP contribution in [0.2, 0.25) is 0 Å². The molecule has 0 atom stereocenters. The molecule has 0 spiro atoms. The Balaban J connectivity index is 1.02. The molecule has 0 N–H and O–H groups in total. The summed E-state index contributed by atoms with van der Waals surface area (Å²) in [5.41, 5.74) is 14.2. The van der Waals surface area contributed by atoms with Crippen molar-refractivity contribution in [1.29, 1.82) is 0 Å². The third kappa shape index (κ3) is 8.07. The Morgan fingerprint density at radius 3 is 1.00 bits per heavy atom. The third-order valence-corrected chi connectivity index (χ3v) is 12.4. The van der Waals surface area contributed by atoms with Crippen molar-refractivity contribution >= 4 is 28.0 Å². The van der Waals surface area contributed by atoms with Crippen molar-refractivity contribution in [2.24, 2.45) is 0 Å². The summed E-state index contributed by atoms with van der Waals surface area (Å²) < 4.78 is 2.97. The molecular formula is C62H43N3O2. The standard InChI is InChI=1S/C62H43N3O2/c66-61-59-43-53(50-31-38-56(39-32-50)63(54-34-27-48(28-35-54)44-15-5-1-6-16-44)55-36-29-49(30-37-55)45-17-7-2-8-18-45)33-40-60(59)64(57-25-13-23-51(41-57)46-19-9-3-10-20-46)62(67)65(61)58-26-14-24-52(42-58)47-21-11-4-12-22-47/h1-43H. The normalized spacial score (nSPS) is 11.1. The lowest BCUT2D eigenvalue weighted by atomic mass is 10.0. The van der Waals surface area contributed by atoms with Gasteiger partial charge in [-0.2, -0.15) is 0 Å². The highest BCUT2D eigenvalue weighted by Gasteiger charge is 2.19. The maximum atomic E-state index is 14.9. The lowest BCUT2D eigenvalue weighted by molar-refractivity contribution is 0.835. The first-order valence-corrected chi connectivity index (χ1v) is 22.4. The van der Waals surface area contributed by atoms with Crippen LogP contribution >= 0.6 is 0 Å². The van der Waals surface area contributed by atoms with Gasteiger partial charge in [-0.05, 0) is 128 Å². The molecule has 1 heterocycles. The smallest absolute Gasteiger partial charge is 0.311 e. The summed E-state index contributed by atoms with van der Waals surface area (Å²) in [5, 5.41) is 0.426. The van der Waals surface area contributed by atoms with Crippen molar-refractivity contribution in [2.75, 3.05) is 4.90 Å². The number of benzene rings is 10. The molecule has 0 saturated carbocycles. The molecule has 67 heavy (non-hydrogen) atoms. The van der Waals surface area contributed by atoms with Crippen molar-refractivity contribution in [3.05, 3.63) is 282 Å². The minimum Gasteiger partial charge on any atom is -0.311 e. The molecule has 11 rings (SSSR count). The van der Waals surface area contributed by atoms with E-state index in [0.29, 0.717) is 22.3 Å². The van der Waals surface area contributed by atoms with E-state index in [1.54, 1.807) is 4.57 Å². The number of nitrogens with zero attached hydrogens (tertiary/aromatic N) is 3. The van der Waals surface area contributed by atoms with Gasteiger partial charge in [-0.3, -0.25) is 9.36 Å². The van der Waals surface area contributed by atoms with Crippen molar-refractivity contribution < 1.29 is 0 Å². The summed E-state index contributed by atoms with van der Waals surface area (Å²) >= 11 is 0. The lowest BCUT2D eigenvalue weighted by Crippen LogP contribution is -2.38. The Kier molecular flexibility index (Phi) is 10.8. The third-order valence-electron chi connectivity index (χ3n) is 12.4. The number of hydrogen-bond donors (Lipinski definition) is 0. The predicted molar refractivity (Wildman–Crippen MR) is 277 cm³/mol. The molecular weight excluding hydrogens is 819 g/mol. The first-order chi connectivity index (χ1) is 33.1. The average molecular weight is 862 g/mol. The topological polar surface area (TPSA) is 47.2 Å². The molecule has 0 aliphatic heterocycles. The Hall–Kier alpha value is -9.06. The molecule has 10 aromatic carbocycles. The molecule has 1 aromatic heterocycles. The van der Waals surface area contributed by atoms with Gasteiger partial charge in [-0.15, -0.1) is 0 Å². The van der Waals surface area contributed by atoms with Crippen LogP contribution < -0.4 is 16.1 Å². The van der Waals surface area contributed by atoms with Gasteiger partial charge in [0.15, 0.2) is 0 Å². The molecule has 0 aliphatic rings. The first-order valence-electron chi connectivity index (χ1n) is 22.4. The van der Waals surface area contributed by atoms with Crippen molar-refractivity contribution in [3.63, 3.8) is 0 Å². The summed E-state index contributed by atoms with van der Waals surface area (Å²) in [4.78, 5) is 32.0. The van der Waals surface area contributed by atoms with Crippen LogP contribution in [0, 0.1) is 0 Å². The molecule has 0 amide bonds. The zero-order valence-corrected chi connectivity index (χ0v) is 36.5. The molecule has 0 aliphatic carbocycles. The zero-order chi connectivity index (χ0) is 45.1. The minimum absolute atomic E-state index is 0.386. The Bertz CT molecular complexity index is 3540. The van der Waals surface area contributed by atoms with Crippen LogP contribution in [0.15, 0.2) is 270 Å². The molecule has 0 bridgehead atoms. The first kappa shape index (κ1) is 40.7. The number of aromatic nitrogens is 2. The van der Waals surface area contributed by atoms with Crippen LogP contribution in [0.25, 0.3) is 77.9 Å². The van der Waals surface area contributed by atoms with E-state index in [9.17, 15) is 9.59 Å². The van der Waals surface area contributed by atoms with Gasteiger partial charge < -0.3 is 4.90 Å². The number of hydrogen-bond acceptors (Lipinski definition) is 3. The van der Waals surface area contributed by atoms with Crippen LogP contribution in [0.5, 0.6) is 0 Å². The summed E-state index contributed by atoms with van der Waals surface area (Å²) in [6.07, 6.45) is 0. The second-order valence-corrected chi connectivity index (χ2v) is 16.5. The van der Waals surface area contributed by atoms with E-state index in [2.05, 4.69) is 138 Å². The van der Waals surface area contributed by atoms with Crippen LogP contribution in [-0.4, -0.2) is 9.13 Å². The molecule has 0 unspecified atom stereocenters. The molecule has 318 valence electrons. The van der Waals surface area contributed by atoms with E-state index in [1.165, 1.54) is 4.57 Å². The van der Waals surface area contributed by atoms with Crippen molar-refractivity contribution in [3.8, 4) is 67.0 Å². The van der Waals surface area contributed by atoms with Crippen LogP contribution in [0.4, 0.5) is 17.1 Å². The zero-order valence-electron chi connectivity index (χ0n) is 36.5. The molecule has 0 fully saturated rings. The van der Waals surface area contributed by atoms with Crippen LogP contribution in [0.3, 0.4) is 0 Å². The highest BCUT2D eigenvalue weighted by Crippen LogP contribution is 2.38. The highest BCUT2D eigenvalue weighted by atomic mass is 16.2. The van der Waals surface area contributed by atoms with E-state index in [1.807, 2.05) is 127 Å². The van der Waals surface area contributed by atoms with Crippen LogP contribution in [0.1, 0.15) is 0 Å². The predicted octanol–water partition coefficient (Wildman–Crippen LogP) is 14.9. The second-order valence-electron chi connectivity index (χ2n) is 16.5. The van der Waals surface area contributed by atoms with Gasteiger partial charge in [0, 0.05) is 17.1 Å². The van der Waals surface area contributed by atoms with Crippen LogP contribution in [-0.2, 0) is 0 Å². The average Bonchev–Trinajstić information content (AvgIpc) is 3.40. The molecule has 0 radical (unpaired) electrons. The molecule has 5 nitrogen and oxygen atoms in total. The number of fused-ring (bicyclic) bond motifs is 1. The fraction of sp³-hybridized carbons (Fsp3) is 0. The molecule has 11 aromatic rings. The quantitative estimate of drug-likeness (QED) is 0.138. The maximum absolute atomic E-state index is 14.9. The van der Waals surface area contributed by atoms with E-state index < -0.39 is 5.69 Å². The van der Waals surface area contributed by atoms with Gasteiger partial charge in [0.25, 0.3) is 5.56 Å². The lowest BCUT2D eigenvalue weighted by Gasteiger charge is -2.26. The van der Waals surface area contributed by atoms with Gasteiger partial charge in [0.05, 0.1) is 22.3 Å². The SMILES string of the molecule is O=c1c2cc(-c3ccc(N(c4ccc(-c5ccccc5)cc4)c4ccc(-c5ccccc5)cc4)cc3)ccc2n(-c2cccc(-c3ccccc3)c2)c(=O)n1-c1cccc(-c2ccccc2)c1. The largest absolute Gasteiger partial charge is 0.340 e. The van der Waals surface area contributed by atoms with E-state index in [0.717, 1.165) is 72.7 Å². The van der Waals surface area contributed by atoms with Gasteiger partial charge in [-0.1, -0.05) is 188 Å². The van der Waals surface area contributed by atoms with Gasteiger partial charge in [0.2, 0.25) is 0 Å². The number of anilines is 3. The minimum atomic E-state index is -0.446. The summed E-state index contributed by atoms with van der Waals surface area (Å²) in [6.45, 7) is 0. The number of rotatable bonds is 10. The van der Waals surface area contributed by atoms with Crippen molar-refractivity contribution in [1.82, 2.24) is 9.13 Å². The van der Waals surface area contributed by atoms with Gasteiger partial charge in [-0.25, -0.2) is 9.36 Å². The second kappa shape index (κ2) is 17.8. The summed E-state index contributed by atoms with van der Waals surface area (Å²) in [7, 11) is 0. The van der Waals surface area contributed by atoms with E-state index >= 15 is 0 Å². The molecule has 0 saturated heterocycles. The van der Waals surface area contributed by atoms with E-state index in [-0.39, 0.29) is 5.56 Å². The Morgan fingerprint density at radius 1 is 0.269 bits per heavy atom. The van der Waals surface area contributed by atoms with Crippen molar-refractivity contribution in [2.45, 2.75) is 0 Å². The maximum Gasteiger partial charge on any atom is 0.340 e. The fourth-order valence-electron chi connectivity index (χ4n) is 9.00. The summed E-state index contributed by atoms with van der Waals surface area (Å²) in [6, 6.07) is 88.0. The monoisotopic (exact) mass is 861 g/mol.